The SMILES string of the molecule is CSCCC(NC(N)=O)C(=O)N(C)Cc1ccc(F)cc1F. The zero-order chi connectivity index (χ0) is 16.7. The molecule has 0 heterocycles. The van der Waals surface area contributed by atoms with Gasteiger partial charge in [0.05, 0.1) is 0 Å². The third-order valence-electron chi connectivity index (χ3n) is 3.02. The van der Waals surface area contributed by atoms with Crippen molar-refractivity contribution in [2.24, 2.45) is 5.73 Å². The summed E-state index contributed by atoms with van der Waals surface area (Å²) in [5, 5.41) is 2.39. The Labute approximate surface area is 132 Å². The minimum atomic E-state index is -0.791. The van der Waals surface area contributed by atoms with E-state index < -0.39 is 23.7 Å². The average Bonchev–Trinajstić information content (AvgIpc) is 2.45. The molecule has 1 rings (SSSR count). The second-order valence-electron chi connectivity index (χ2n) is 4.77. The Kier molecular flexibility index (Phi) is 7.10. The highest BCUT2D eigenvalue weighted by Crippen LogP contribution is 2.13. The number of carbonyl (C=O) groups excluding carboxylic acids is 2. The minimum absolute atomic E-state index is 0.0266. The van der Waals surface area contributed by atoms with Gasteiger partial charge in [0, 0.05) is 25.2 Å². The van der Waals surface area contributed by atoms with E-state index in [1.165, 1.54) is 29.8 Å². The molecular weight excluding hydrogens is 312 g/mol. The van der Waals surface area contributed by atoms with Crippen molar-refractivity contribution in [3.05, 3.63) is 35.4 Å². The van der Waals surface area contributed by atoms with Crippen molar-refractivity contribution in [1.82, 2.24) is 10.2 Å². The number of carbonyl (C=O) groups is 2. The molecule has 22 heavy (non-hydrogen) atoms. The fraction of sp³-hybridized carbons (Fsp3) is 0.429. The van der Waals surface area contributed by atoms with Crippen LogP contribution in [-0.4, -0.2) is 41.9 Å². The van der Waals surface area contributed by atoms with E-state index in [9.17, 15) is 18.4 Å². The lowest BCUT2D eigenvalue weighted by atomic mass is 10.1. The van der Waals surface area contributed by atoms with E-state index in [0.29, 0.717) is 12.2 Å². The van der Waals surface area contributed by atoms with E-state index in [1.54, 1.807) is 0 Å². The van der Waals surface area contributed by atoms with Crippen molar-refractivity contribution >= 4 is 23.7 Å². The summed E-state index contributed by atoms with van der Waals surface area (Å²) in [6.07, 6.45) is 2.29. The van der Waals surface area contributed by atoms with Gasteiger partial charge in [-0.3, -0.25) is 4.79 Å². The predicted molar refractivity (Wildman–Crippen MR) is 82.3 cm³/mol. The summed E-state index contributed by atoms with van der Waals surface area (Å²) in [6.45, 7) is -0.0266. The largest absolute Gasteiger partial charge is 0.352 e. The highest BCUT2D eigenvalue weighted by molar-refractivity contribution is 7.98. The molecule has 1 unspecified atom stereocenters. The summed E-state index contributed by atoms with van der Waals surface area (Å²) >= 11 is 1.53. The van der Waals surface area contributed by atoms with Crippen LogP contribution in [0.25, 0.3) is 0 Å². The number of benzene rings is 1. The molecule has 0 radical (unpaired) electrons. The van der Waals surface area contributed by atoms with Gasteiger partial charge >= 0.3 is 6.03 Å². The zero-order valence-corrected chi connectivity index (χ0v) is 13.3. The molecule has 0 spiro atoms. The van der Waals surface area contributed by atoms with E-state index in [2.05, 4.69) is 5.32 Å². The maximum Gasteiger partial charge on any atom is 0.312 e. The average molecular weight is 331 g/mol. The number of rotatable bonds is 7. The first-order valence-corrected chi connectivity index (χ1v) is 7.98. The molecule has 3 N–H and O–H groups in total. The first kappa shape index (κ1) is 18.2. The molecule has 3 amide bonds. The number of hydrogen-bond acceptors (Lipinski definition) is 3. The molecule has 0 aliphatic heterocycles. The Bertz CT molecular complexity index is 543. The molecule has 1 aromatic carbocycles. The molecule has 1 aromatic rings. The molecule has 0 bridgehead atoms. The summed E-state index contributed by atoms with van der Waals surface area (Å²) < 4.78 is 26.5. The summed E-state index contributed by atoms with van der Waals surface area (Å²) in [5.41, 5.74) is 5.26. The third-order valence-corrected chi connectivity index (χ3v) is 3.67. The number of nitrogens with one attached hydrogen (secondary N) is 1. The molecule has 1 atom stereocenters. The molecule has 8 heteroatoms. The Morgan fingerprint density at radius 2 is 2.09 bits per heavy atom. The summed E-state index contributed by atoms with van der Waals surface area (Å²) in [5.74, 6) is -1.11. The van der Waals surface area contributed by atoms with Crippen molar-refractivity contribution in [3.8, 4) is 0 Å². The smallest absolute Gasteiger partial charge is 0.312 e. The molecule has 0 aliphatic rings. The lowest BCUT2D eigenvalue weighted by molar-refractivity contribution is -0.132. The van der Waals surface area contributed by atoms with Crippen LogP contribution in [0.15, 0.2) is 18.2 Å². The van der Waals surface area contributed by atoms with E-state index in [4.69, 9.17) is 5.73 Å². The number of thioether (sulfide) groups is 1. The minimum Gasteiger partial charge on any atom is -0.352 e. The Hall–Kier alpha value is -1.83. The number of halogens is 2. The predicted octanol–water partition coefficient (Wildman–Crippen LogP) is 1.71. The maximum atomic E-state index is 13.6. The summed E-state index contributed by atoms with van der Waals surface area (Å²) in [6, 6.07) is 1.62. The molecular formula is C14H19F2N3O2S. The van der Waals surface area contributed by atoms with E-state index in [-0.39, 0.29) is 18.0 Å². The van der Waals surface area contributed by atoms with Gasteiger partial charge in [-0.1, -0.05) is 6.07 Å². The maximum absolute atomic E-state index is 13.6. The van der Waals surface area contributed by atoms with Crippen molar-refractivity contribution < 1.29 is 18.4 Å². The van der Waals surface area contributed by atoms with E-state index in [0.717, 1.165) is 12.1 Å². The highest BCUT2D eigenvalue weighted by atomic mass is 32.2. The monoisotopic (exact) mass is 331 g/mol. The van der Waals surface area contributed by atoms with Gasteiger partial charge in [-0.25, -0.2) is 13.6 Å². The summed E-state index contributed by atoms with van der Waals surface area (Å²) in [4.78, 5) is 24.6. The Balaban J connectivity index is 2.77. The van der Waals surface area contributed by atoms with Crippen LogP contribution in [0.1, 0.15) is 12.0 Å². The van der Waals surface area contributed by atoms with Crippen molar-refractivity contribution in [1.29, 1.82) is 0 Å². The third kappa shape index (κ3) is 5.51. The molecule has 0 aromatic heterocycles. The highest BCUT2D eigenvalue weighted by Gasteiger charge is 2.23. The van der Waals surface area contributed by atoms with Gasteiger partial charge in [-0.2, -0.15) is 11.8 Å². The number of urea groups is 1. The molecule has 5 nitrogen and oxygen atoms in total. The first-order valence-electron chi connectivity index (χ1n) is 6.59. The summed E-state index contributed by atoms with van der Waals surface area (Å²) in [7, 11) is 1.49. The number of amides is 3. The lowest BCUT2D eigenvalue weighted by Crippen LogP contribution is -2.49. The quantitative estimate of drug-likeness (QED) is 0.799. The van der Waals surface area contributed by atoms with E-state index >= 15 is 0 Å². The van der Waals surface area contributed by atoms with Crippen LogP contribution < -0.4 is 11.1 Å². The molecule has 122 valence electrons. The Morgan fingerprint density at radius 3 is 2.64 bits per heavy atom. The van der Waals surface area contributed by atoms with Crippen LogP contribution in [-0.2, 0) is 11.3 Å². The first-order chi connectivity index (χ1) is 10.3. The Morgan fingerprint density at radius 1 is 1.41 bits per heavy atom. The molecule has 0 saturated heterocycles. The molecule has 0 aliphatic carbocycles. The van der Waals surface area contributed by atoms with Crippen LogP contribution in [0.3, 0.4) is 0 Å². The zero-order valence-electron chi connectivity index (χ0n) is 12.4. The normalized spacial score (nSPS) is 11.8. The van der Waals surface area contributed by atoms with Crippen molar-refractivity contribution in [3.63, 3.8) is 0 Å². The van der Waals surface area contributed by atoms with Gasteiger partial charge < -0.3 is 16.0 Å². The van der Waals surface area contributed by atoms with Crippen LogP contribution in [0.5, 0.6) is 0 Å². The molecule has 0 saturated carbocycles. The molecule has 0 fully saturated rings. The number of nitrogens with two attached hydrogens (primary N) is 1. The van der Waals surface area contributed by atoms with Gasteiger partial charge in [0.2, 0.25) is 5.91 Å². The van der Waals surface area contributed by atoms with Gasteiger partial charge in [0.25, 0.3) is 0 Å². The van der Waals surface area contributed by atoms with Crippen LogP contribution >= 0.6 is 11.8 Å². The van der Waals surface area contributed by atoms with Gasteiger partial charge in [-0.05, 0) is 24.5 Å². The van der Waals surface area contributed by atoms with Crippen LogP contribution in [0, 0.1) is 11.6 Å². The van der Waals surface area contributed by atoms with Gasteiger partial charge in [-0.15, -0.1) is 0 Å². The number of primary amides is 1. The van der Waals surface area contributed by atoms with Crippen molar-refractivity contribution in [2.45, 2.75) is 19.0 Å². The van der Waals surface area contributed by atoms with Crippen LogP contribution in [0.4, 0.5) is 13.6 Å². The lowest BCUT2D eigenvalue weighted by Gasteiger charge is -2.24. The standard InChI is InChI=1S/C14H19F2N3O2S/c1-19(8-9-3-4-10(15)7-11(9)16)13(20)12(5-6-22-2)18-14(17)21/h3-4,7,12H,5-6,8H2,1-2H3,(H3,17,18,21). The topological polar surface area (TPSA) is 75.4 Å². The van der Waals surface area contributed by atoms with Crippen molar-refractivity contribution in [2.75, 3.05) is 19.1 Å². The second kappa shape index (κ2) is 8.57. The number of nitrogens with zero attached hydrogens (tertiary/aromatic N) is 1. The fourth-order valence-electron chi connectivity index (χ4n) is 1.91. The second-order valence-corrected chi connectivity index (χ2v) is 5.76. The fourth-order valence-corrected chi connectivity index (χ4v) is 2.39. The number of hydrogen-bond donors (Lipinski definition) is 2. The van der Waals surface area contributed by atoms with Crippen LogP contribution in [0.2, 0.25) is 0 Å². The van der Waals surface area contributed by atoms with E-state index in [1.807, 2.05) is 6.26 Å². The number of likely N-dealkylation sites (N-methyl/N-ethyl adjacent to an activating group) is 1. The van der Waals surface area contributed by atoms with Gasteiger partial charge in [0.1, 0.15) is 17.7 Å². The van der Waals surface area contributed by atoms with Gasteiger partial charge in [0.15, 0.2) is 0 Å².